The largest absolute Gasteiger partial charge is 0.404 e. The van der Waals surface area contributed by atoms with E-state index in [1.165, 1.54) is 13.2 Å². The molecule has 22 heavy (non-hydrogen) atoms. The molecule has 1 aromatic rings. The third-order valence-corrected chi connectivity index (χ3v) is 4.46. The van der Waals surface area contributed by atoms with Gasteiger partial charge in [-0.05, 0) is 30.5 Å². The standard InChI is InChI=1S/C13H15ClFN3O3S/c1-3-17-13(6-7-16)18(9-21-2)22(19,20)10-4-5-12(15)11(14)8-10/h3-8H,1,9,16H2,2H3/b7-6-,17-13?. The van der Waals surface area contributed by atoms with E-state index in [1.807, 2.05) is 0 Å². The highest BCUT2D eigenvalue weighted by Crippen LogP contribution is 2.23. The summed E-state index contributed by atoms with van der Waals surface area (Å²) in [6.45, 7) is 3.09. The minimum atomic E-state index is -4.07. The maximum Gasteiger partial charge on any atom is 0.267 e. The molecule has 0 aliphatic heterocycles. The smallest absolute Gasteiger partial charge is 0.267 e. The molecule has 0 aliphatic carbocycles. The minimum absolute atomic E-state index is 0.0141. The van der Waals surface area contributed by atoms with E-state index in [9.17, 15) is 12.8 Å². The summed E-state index contributed by atoms with van der Waals surface area (Å²) in [6.07, 6.45) is 3.55. The van der Waals surface area contributed by atoms with Crippen molar-refractivity contribution in [1.29, 1.82) is 0 Å². The summed E-state index contributed by atoms with van der Waals surface area (Å²) in [5.74, 6) is -0.736. The van der Waals surface area contributed by atoms with Crippen LogP contribution in [-0.4, -0.2) is 32.4 Å². The number of amidine groups is 1. The summed E-state index contributed by atoms with van der Waals surface area (Å²) >= 11 is 5.63. The SMILES string of the molecule is C=CN=C(/C=C\N)N(COC)S(=O)(=O)c1ccc(F)c(Cl)c1. The number of methoxy groups -OCH3 is 1. The van der Waals surface area contributed by atoms with Crippen LogP contribution in [0.1, 0.15) is 0 Å². The number of sulfonamides is 1. The first kappa shape index (κ1) is 18.1. The fourth-order valence-electron chi connectivity index (χ4n) is 1.51. The molecule has 6 nitrogen and oxygen atoms in total. The maximum absolute atomic E-state index is 13.2. The van der Waals surface area contributed by atoms with Crippen LogP contribution in [-0.2, 0) is 14.8 Å². The maximum atomic E-state index is 13.2. The summed E-state index contributed by atoms with van der Waals surface area (Å²) in [5, 5.41) is -0.310. The first-order valence-electron chi connectivity index (χ1n) is 5.92. The number of hydrogen-bond donors (Lipinski definition) is 1. The lowest BCUT2D eigenvalue weighted by molar-refractivity contribution is 0.150. The zero-order chi connectivity index (χ0) is 16.8. The van der Waals surface area contributed by atoms with Crippen molar-refractivity contribution in [1.82, 2.24) is 4.31 Å². The molecule has 0 atom stereocenters. The molecule has 120 valence electrons. The number of ether oxygens (including phenoxy) is 1. The average Bonchev–Trinajstić information content (AvgIpc) is 2.47. The molecule has 1 aromatic carbocycles. The van der Waals surface area contributed by atoms with Gasteiger partial charge in [-0.25, -0.2) is 22.1 Å². The Hall–Kier alpha value is -1.90. The monoisotopic (exact) mass is 347 g/mol. The van der Waals surface area contributed by atoms with E-state index in [0.717, 1.165) is 34.9 Å². The van der Waals surface area contributed by atoms with E-state index in [4.69, 9.17) is 22.1 Å². The number of hydrogen-bond acceptors (Lipinski definition) is 5. The Labute approximate surface area is 133 Å². The Morgan fingerprint density at radius 2 is 2.27 bits per heavy atom. The minimum Gasteiger partial charge on any atom is -0.404 e. The van der Waals surface area contributed by atoms with E-state index in [-0.39, 0.29) is 22.5 Å². The van der Waals surface area contributed by atoms with Gasteiger partial charge in [-0.2, -0.15) is 0 Å². The lowest BCUT2D eigenvalue weighted by Gasteiger charge is -2.23. The molecule has 0 heterocycles. The third-order valence-electron chi connectivity index (χ3n) is 2.45. The van der Waals surface area contributed by atoms with Crippen molar-refractivity contribution in [2.75, 3.05) is 13.8 Å². The Morgan fingerprint density at radius 3 is 2.77 bits per heavy atom. The number of aliphatic imine (C=N–C) groups is 1. The van der Waals surface area contributed by atoms with Crippen LogP contribution in [0, 0.1) is 5.82 Å². The molecule has 0 aromatic heterocycles. The Balaban J connectivity index is 3.42. The fourth-order valence-corrected chi connectivity index (χ4v) is 3.12. The first-order chi connectivity index (χ1) is 10.4. The van der Waals surface area contributed by atoms with Gasteiger partial charge in [0.05, 0.1) is 9.92 Å². The van der Waals surface area contributed by atoms with Gasteiger partial charge >= 0.3 is 0 Å². The second-order valence-electron chi connectivity index (χ2n) is 3.88. The van der Waals surface area contributed by atoms with E-state index >= 15 is 0 Å². The van der Waals surface area contributed by atoms with Crippen molar-refractivity contribution in [3.05, 3.63) is 54.1 Å². The van der Waals surface area contributed by atoms with Gasteiger partial charge in [-0.1, -0.05) is 18.2 Å². The highest BCUT2D eigenvalue weighted by atomic mass is 35.5. The number of nitrogens with two attached hydrogens (primary N) is 1. The van der Waals surface area contributed by atoms with Gasteiger partial charge in [-0.3, -0.25) is 0 Å². The van der Waals surface area contributed by atoms with Gasteiger partial charge < -0.3 is 10.5 Å². The van der Waals surface area contributed by atoms with Gasteiger partial charge in [0.25, 0.3) is 10.0 Å². The number of benzene rings is 1. The van der Waals surface area contributed by atoms with Crippen LogP contribution in [0.5, 0.6) is 0 Å². The molecule has 0 fully saturated rings. The summed E-state index contributed by atoms with van der Waals surface area (Å²) in [7, 11) is -2.76. The van der Waals surface area contributed by atoms with Crippen molar-refractivity contribution >= 4 is 27.5 Å². The van der Waals surface area contributed by atoms with Gasteiger partial charge in [0, 0.05) is 13.3 Å². The van der Waals surface area contributed by atoms with Crippen LogP contribution in [0.25, 0.3) is 0 Å². The van der Waals surface area contributed by atoms with Crippen LogP contribution in [0.4, 0.5) is 4.39 Å². The van der Waals surface area contributed by atoms with E-state index in [1.54, 1.807) is 0 Å². The second kappa shape index (κ2) is 7.92. The highest BCUT2D eigenvalue weighted by molar-refractivity contribution is 7.89. The molecule has 0 spiro atoms. The van der Waals surface area contributed by atoms with E-state index < -0.39 is 15.8 Å². The predicted molar refractivity (Wildman–Crippen MR) is 83.3 cm³/mol. The molecular formula is C13H15ClFN3O3S. The summed E-state index contributed by atoms with van der Waals surface area (Å²) < 4.78 is 44.2. The summed E-state index contributed by atoms with van der Waals surface area (Å²) in [4.78, 5) is 3.63. The summed E-state index contributed by atoms with van der Waals surface area (Å²) in [5.41, 5.74) is 5.29. The van der Waals surface area contributed by atoms with E-state index in [2.05, 4.69) is 11.6 Å². The molecule has 0 bridgehead atoms. The van der Waals surface area contributed by atoms with Crippen LogP contribution < -0.4 is 5.73 Å². The lowest BCUT2D eigenvalue weighted by atomic mass is 10.3. The average molecular weight is 348 g/mol. The molecule has 0 saturated carbocycles. The van der Waals surface area contributed by atoms with Gasteiger partial charge in [-0.15, -0.1) is 0 Å². The lowest BCUT2D eigenvalue weighted by Crippen LogP contribution is -2.37. The van der Waals surface area contributed by atoms with Crippen molar-refractivity contribution in [3.8, 4) is 0 Å². The molecule has 0 amide bonds. The van der Waals surface area contributed by atoms with Crippen molar-refractivity contribution in [2.24, 2.45) is 10.7 Å². The third kappa shape index (κ3) is 4.06. The molecule has 0 radical (unpaired) electrons. The van der Waals surface area contributed by atoms with Crippen molar-refractivity contribution < 1.29 is 17.5 Å². The molecule has 1 rings (SSSR count). The first-order valence-corrected chi connectivity index (χ1v) is 7.74. The van der Waals surface area contributed by atoms with Gasteiger partial charge in [0.1, 0.15) is 18.4 Å². The molecule has 0 unspecified atom stereocenters. The molecule has 2 N–H and O–H groups in total. The highest BCUT2D eigenvalue weighted by Gasteiger charge is 2.27. The fraction of sp³-hybridized carbons (Fsp3) is 0.154. The zero-order valence-corrected chi connectivity index (χ0v) is 13.3. The zero-order valence-electron chi connectivity index (χ0n) is 11.7. The topological polar surface area (TPSA) is 85.0 Å². The molecule has 0 aliphatic rings. The van der Waals surface area contributed by atoms with Crippen molar-refractivity contribution in [2.45, 2.75) is 4.90 Å². The van der Waals surface area contributed by atoms with Crippen LogP contribution >= 0.6 is 11.6 Å². The van der Waals surface area contributed by atoms with E-state index in [0.29, 0.717) is 0 Å². The molecular weight excluding hydrogens is 333 g/mol. The predicted octanol–water partition coefficient (Wildman–Crippen LogP) is 2.09. The Bertz CT molecular complexity index is 704. The van der Waals surface area contributed by atoms with Crippen LogP contribution in [0.15, 0.2) is 53.1 Å². The molecule has 9 heteroatoms. The number of halogens is 2. The van der Waals surface area contributed by atoms with Crippen molar-refractivity contribution in [3.63, 3.8) is 0 Å². The normalized spacial score (nSPS) is 12.6. The Kier molecular flexibility index (Phi) is 6.54. The van der Waals surface area contributed by atoms with Crippen LogP contribution in [0.3, 0.4) is 0 Å². The Morgan fingerprint density at radius 1 is 1.59 bits per heavy atom. The van der Waals surface area contributed by atoms with Gasteiger partial charge in [0.2, 0.25) is 0 Å². The van der Waals surface area contributed by atoms with Crippen LogP contribution in [0.2, 0.25) is 5.02 Å². The summed E-state index contributed by atoms with van der Waals surface area (Å²) in [6, 6.07) is 3.06. The quantitative estimate of drug-likeness (QED) is 0.485. The second-order valence-corrected chi connectivity index (χ2v) is 6.15. The number of nitrogens with zero attached hydrogens (tertiary/aromatic N) is 2. The van der Waals surface area contributed by atoms with Gasteiger partial charge in [0.15, 0.2) is 0 Å². The molecule has 0 saturated heterocycles. The number of rotatable bonds is 6.